The third-order valence-electron chi connectivity index (χ3n) is 3.43. The van der Waals surface area contributed by atoms with Crippen LogP contribution in [0.15, 0.2) is 0 Å². The van der Waals surface area contributed by atoms with E-state index >= 15 is 0 Å². The van der Waals surface area contributed by atoms with Gasteiger partial charge in [0, 0.05) is 33.7 Å². The summed E-state index contributed by atoms with van der Waals surface area (Å²) in [6.45, 7) is 4.98. The second kappa shape index (κ2) is 5.45. The van der Waals surface area contributed by atoms with Crippen LogP contribution in [0.2, 0.25) is 0 Å². The third kappa shape index (κ3) is 2.51. The average molecular weight is 252 g/mol. The van der Waals surface area contributed by atoms with Crippen molar-refractivity contribution in [1.82, 2.24) is 30.3 Å². The molecule has 2 heterocycles. The molecule has 1 aliphatic rings. The molecule has 1 atom stereocenters. The van der Waals surface area contributed by atoms with Gasteiger partial charge in [-0.15, -0.1) is 10.2 Å². The Morgan fingerprint density at radius 3 is 2.94 bits per heavy atom. The van der Waals surface area contributed by atoms with E-state index < -0.39 is 0 Å². The van der Waals surface area contributed by atoms with Crippen LogP contribution in [0.3, 0.4) is 0 Å². The van der Waals surface area contributed by atoms with Crippen molar-refractivity contribution in [3.05, 3.63) is 11.6 Å². The molecule has 1 aromatic rings. The first kappa shape index (κ1) is 13.0. The van der Waals surface area contributed by atoms with Gasteiger partial charge >= 0.3 is 0 Å². The van der Waals surface area contributed by atoms with Crippen molar-refractivity contribution in [2.45, 2.75) is 19.5 Å². The van der Waals surface area contributed by atoms with Gasteiger partial charge in [-0.05, 0) is 6.92 Å². The summed E-state index contributed by atoms with van der Waals surface area (Å²) in [6, 6.07) is -0.138. The van der Waals surface area contributed by atoms with Crippen LogP contribution in [0, 0.1) is 6.92 Å². The van der Waals surface area contributed by atoms with Gasteiger partial charge in [0.05, 0.1) is 6.54 Å². The SMILES string of the molecule is CNC(=O)C1CNCCN1Cc1nnc(C)n1C. The van der Waals surface area contributed by atoms with Gasteiger partial charge in [0.2, 0.25) is 5.91 Å². The van der Waals surface area contributed by atoms with Gasteiger partial charge in [0.25, 0.3) is 0 Å². The molecule has 0 bridgehead atoms. The van der Waals surface area contributed by atoms with Crippen molar-refractivity contribution in [3.63, 3.8) is 0 Å². The van der Waals surface area contributed by atoms with Gasteiger partial charge in [-0.2, -0.15) is 0 Å². The lowest BCUT2D eigenvalue weighted by atomic mass is 10.1. The number of piperazine rings is 1. The van der Waals surface area contributed by atoms with Crippen molar-refractivity contribution in [2.24, 2.45) is 7.05 Å². The average Bonchev–Trinajstić information content (AvgIpc) is 2.70. The first-order valence-electron chi connectivity index (χ1n) is 6.14. The fraction of sp³-hybridized carbons (Fsp3) is 0.727. The lowest BCUT2D eigenvalue weighted by molar-refractivity contribution is -0.126. The summed E-state index contributed by atoms with van der Waals surface area (Å²) in [4.78, 5) is 14.0. The lowest BCUT2D eigenvalue weighted by Gasteiger charge is -2.34. The van der Waals surface area contributed by atoms with Crippen LogP contribution in [0.5, 0.6) is 0 Å². The molecule has 1 unspecified atom stereocenters. The standard InChI is InChI=1S/C11H20N6O/c1-8-14-15-10(16(8)3)7-17-5-4-13-6-9(17)11(18)12-2/h9,13H,4-7H2,1-3H3,(H,12,18). The fourth-order valence-corrected chi connectivity index (χ4v) is 2.13. The molecule has 1 fully saturated rings. The van der Waals surface area contributed by atoms with Gasteiger partial charge in [-0.3, -0.25) is 9.69 Å². The number of likely N-dealkylation sites (N-methyl/N-ethyl adjacent to an activating group) is 1. The van der Waals surface area contributed by atoms with Crippen molar-refractivity contribution in [2.75, 3.05) is 26.7 Å². The summed E-state index contributed by atoms with van der Waals surface area (Å²) in [5.41, 5.74) is 0. The minimum atomic E-state index is -0.138. The topological polar surface area (TPSA) is 75.1 Å². The Hall–Kier alpha value is -1.47. The highest BCUT2D eigenvalue weighted by molar-refractivity contribution is 5.81. The molecule has 0 aliphatic carbocycles. The fourth-order valence-electron chi connectivity index (χ4n) is 2.13. The maximum Gasteiger partial charge on any atom is 0.238 e. The molecular formula is C11H20N6O. The first-order valence-corrected chi connectivity index (χ1v) is 6.14. The minimum absolute atomic E-state index is 0.0427. The zero-order valence-corrected chi connectivity index (χ0v) is 11.1. The van der Waals surface area contributed by atoms with Crippen LogP contribution in [0.1, 0.15) is 11.6 Å². The number of rotatable bonds is 3. The maximum atomic E-state index is 11.8. The number of carbonyl (C=O) groups is 1. The smallest absolute Gasteiger partial charge is 0.238 e. The molecule has 2 N–H and O–H groups in total. The largest absolute Gasteiger partial charge is 0.358 e. The molecule has 18 heavy (non-hydrogen) atoms. The van der Waals surface area contributed by atoms with Crippen molar-refractivity contribution in [1.29, 1.82) is 0 Å². The number of hydrogen-bond donors (Lipinski definition) is 2. The monoisotopic (exact) mass is 252 g/mol. The quantitative estimate of drug-likeness (QED) is 0.695. The summed E-state index contributed by atoms with van der Waals surface area (Å²) >= 11 is 0. The summed E-state index contributed by atoms with van der Waals surface area (Å²) in [5.74, 6) is 1.82. The van der Waals surface area contributed by atoms with Gasteiger partial charge < -0.3 is 15.2 Å². The Kier molecular flexibility index (Phi) is 3.93. The zero-order valence-electron chi connectivity index (χ0n) is 11.1. The van der Waals surface area contributed by atoms with Crippen molar-refractivity contribution in [3.8, 4) is 0 Å². The van der Waals surface area contributed by atoms with Crippen LogP contribution in [-0.4, -0.2) is 58.3 Å². The number of aryl methyl sites for hydroxylation is 1. The Bertz CT molecular complexity index is 429. The number of hydrogen-bond acceptors (Lipinski definition) is 5. The van der Waals surface area contributed by atoms with E-state index in [1.54, 1.807) is 7.05 Å². The Labute approximate surface area is 107 Å². The molecule has 100 valence electrons. The molecule has 2 rings (SSSR count). The number of nitrogens with zero attached hydrogens (tertiary/aromatic N) is 4. The highest BCUT2D eigenvalue weighted by atomic mass is 16.2. The normalized spacial score (nSPS) is 20.9. The number of carbonyl (C=O) groups excluding carboxylic acids is 1. The van der Waals surface area contributed by atoms with E-state index in [1.165, 1.54) is 0 Å². The molecule has 1 aliphatic heterocycles. The van der Waals surface area contributed by atoms with E-state index in [0.717, 1.165) is 24.7 Å². The molecule has 1 aromatic heterocycles. The predicted molar refractivity (Wildman–Crippen MR) is 66.9 cm³/mol. The highest BCUT2D eigenvalue weighted by Crippen LogP contribution is 2.09. The molecule has 7 heteroatoms. The van der Waals surface area contributed by atoms with Crippen LogP contribution in [0.4, 0.5) is 0 Å². The van der Waals surface area contributed by atoms with Crippen LogP contribution < -0.4 is 10.6 Å². The molecule has 1 saturated heterocycles. The molecule has 0 spiro atoms. The molecular weight excluding hydrogens is 232 g/mol. The minimum Gasteiger partial charge on any atom is -0.358 e. The van der Waals surface area contributed by atoms with E-state index in [1.807, 2.05) is 18.5 Å². The van der Waals surface area contributed by atoms with E-state index in [2.05, 4.69) is 25.7 Å². The summed E-state index contributed by atoms with van der Waals surface area (Å²) in [6.07, 6.45) is 0. The number of amides is 1. The Balaban J connectivity index is 2.10. The molecule has 7 nitrogen and oxygen atoms in total. The van der Waals surface area contributed by atoms with Crippen molar-refractivity contribution < 1.29 is 4.79 Å². The second-order valence-electron chi connectivity index (χ2n) is 4.53. The molecule has 1 amide bonds. The van der Waals surface area contributed by atoms with E-state index in [-0.39, 0.29) is 11.9 Å². The van der Waals surface area contributed by atoms with Crippen LogP contribution in [-0.2, 0) is 18.4 Å². The molecule has 0 aromatic carbocycles. The van der Waals surface area contributed by atoms with Gasteiger partial charge in [0.1, 0.15) is 17.7 Å². The van der Waals surface area contributed by atoms with E-state index in [4.69, 9.17) is 0 Å². The second-order valence-corrected chi connectivity index (χ2v) is 4.53. The highest BCUT2D eigenvalue weighted by Gasteiger charge is 2.28. The zero-order chi connectivity index (χ0) is 13.1. The number of nitrogens with one attached hydrogen (secondary N) is 2. The first-order chi connectivity index (χ1) is 8.63. The Morgan fingerprint density at radius 1 is 1.56 bits per heavy atom. The van der Waals surface area contributed by atoms with Gasteiger partial charge in [0.15, 0.2) is 0 Å². The molecule has 0 saturated carbocycles. The summed E-state index contributed by atoms with van der Waals surface area (Å²) in [7, 11) is 3.61. The van der Waals surface area contributed by atoms with Crippen LogP contribution >= 0.6 is 0 Å². The van der Waals surface area contributed by atoms with Gasteiger partial charge in [-0.25, -0.2) is 0 Å². The van der Waals surface area contributed by atoms with E-state index in [0.29, 0.717) is 13.1 Å². The lowest BCUT2D eigenvalue weighted by Crippen LogP contribution is -2.57. The van der Waals surface area contributed by atoms with E-state index in [9.17, 15) is 4.79 Å². The van der Waals surface area contributed by atoms with Crippen LogP contribution in [0.25, 0.3) is 0 Å². The summed E-state index contributed by atoms with van der Waals surface area (Å²) < 4.78 is 1.96. The predicted octanol–water partition coefficient (Wildman–Crippen LogP) is -1.36. The summed E-state index contributed by atoms with van der Waals surface area (Å²) in [5, 5.41) is 14.1. The Morgan fingerprint density at radius 2 is 2.33 bits per heavy atom. The van der Waals surface area contributed by atoms with Crippen molar-refractivity contribution >= 4 is 5.91 Å². The van der Waals surface area contributed by atoms with Gasteiger partial charge in [-0.1, -0.05) is 0 Å². The third-order valence-corrected chi connectivity index (χ3v) is 3.43. The molecule has 0 radical (unpaired) electrons. The number of aromatic nitrogens is 3. The maximum absolute atomic E-state index is 11.8.